The second-order valence-corrected chi connectivity index (χ2v) is 4.41. The summed E-state index contributed by atoms with van der Waals surface area (Å²) in [5.74, 6) is -1.40. The lowest BCUT2D eigenvalue weighted by Gasteiger charge is -2.06. The molecule has 0 spiro atoms. The zero-order valence-corrected chi connectivity index (χ0v) is 12.3. The molecule has 8 heteroatoms. The minimum absolute atomic E-state index is 0.0493. The van der Waals surface area contributed by atoms with Crippen LogP contribution in [0.15, 0.2) is 22.4 Å². The maximum atomic E-state index is 11.3. The van der Waals surface area contributed by atoms with Gasteiger partial charge in [-0.15, -0.1) is 0 Å². The Labute approximate surface area is 123 Å². The third-order valence-corrected chi connectivity index (χ3v) is 2.89. The molecule has 108 valence electrons. The second kappa shape index (κ2) is 6.90. The highest BCUT2D eigenvalue weighted by atomic mass is 79.9. The van der Waals surface area contributed by atoms with E-state index in [2.05, 4.69) is 20.7 Å². The molecule has 0 heterocycles. The van der Waals surface area contributed by atoms with Crippen LogP contribution in [0.2, 0.25) is 0 Å². The molecular formula is C12H12BrNO6. The van der Waals surface area contributed by atoms with Crippen LogP contribution in [0.5, 0.6) is 5.75 Å². The topological polar surface area (TPSA) is 98.9 Å². The van der Waals surface area contributed by atoms with Crippen molar-refractivity contribution >= 4 is 33.7 Å². The van der Waals surface area contributed by atoms with Gasteiger partial charge in [0.15, 0.2) is 0 Å². The minimum Gasteiger partial charge on any atom is -0.502 e. The smallest absolute Gasteiger partial charge is 0.373 e. The van der Waals surface area contributed by atoms with E-state index < -0.39 is 16.7 Å². The Hall–Kier alpha value is -2.09. The number of hydrogen-bond donors (Lipinski definition) is 1. The number of aliphatic hydroxyl groups excluding tert-OH is 1. The first-order valence-electron chi connectivity index (χ1n) is 5.50. The third kappa shape index (κ3) is 3.70. The Bertz CT molecular complexity index is 569. The van der Waals surface area contributed by atoms with Crippen molar-refractivity contribution in [3.8, 4) is 5.75 Å². The summed E-state index contributed by atoms with van der Waals surface area (Å²) in [5.41, 5.74) is -0.255. The molecule has 0 amide bonds. The van der Waals surface area contributed by atoms with E-state index in [0.717, 1.165) is 6.08 Å². The summed E-state index contributed by atoms with van der Waals surface area (Å²) in [4.78, 5) is 21.6. The summed E-state index contributed by atoms with van der Waals surface area (Å²) in [7, 11) is 1.37. The zero-order valence-electron chi connectivity index (χ0n) is 10.8. The largest absolute Gasteiger partial charge is 0.502 e. The van der Waals surface area contributed by atoms with Crippen LogP contribution in [0, 0.1) is 10.1 Å². The summed E-state index contributed by atoms with van der Waals surface area (Å²) in [6.07, 6.45) is 0.973. The van der Waals surface area contributed by atoms with Gasteiger partial charge in [0.2, 0.25) is 5.76 Å². The van der Waals surface area contributed by atoms with Gasteiger partial charge in [-0.1, -0.05) is 0 Å². The minimum atomic E-state index is -0.950. The van der Waals surface area contributed by atoms with Gasteiger partial charge in [0, 0.05) is 6.08 Å². The summed E-state index contributed by atoms with van der Waals surface area (Å²) in [6.45, 7) is 1.67. The summed E-state index contributed by atoms with van der Waals surface area (Å²) < 4.78 is 10.00. The van der Waals surface area contributed by atoms with E-state index in [4.69, 9.17) is 4.74 Å². The number of halogens is 1. The number of nitro groups is 1. The van der Waals surface area contributed by atoms with Crippen LogP contribution in [-0.4, -0.2) is 29.7 Å². The maximum absolute atomic E-state index is 11.3. The fourth-order valence-corrected chi connectivity index (χ4v) is 1.92. The first-order chi connectivity index (χ1) is 9.40. The molecule has 0 atom stereocenters. The number of ether oxygens (including phenoxy) is 2. The van der Waals surface area contributed by atoms with Gasteiger partial charge < -0.3 is 14.6 Å². The standard InChI is InChI=1S/C12H12BrNO6/c1-3-20-12(16)10(15)5-7-4-8(13)11(19-2)6-9(7)14(17)18/h4-6,15H,3H2,1-2H3/b10-5-. The van der Waals surface area contributed by atoms with Crippen molar-refractivity contribution in [1.29, 1.82) is 0 Å². The fourth-order valence-electron chi connectivity index (χ4n) is 1.40. The molecular weight excluding hydrogens is 334 g/mol. The van der Waals surface area contributed by atoms with Crippen LogP contribution in [0.3, 0.4) is 0 Å². The van der Waals surface area contributed by atoms with Gasteiger partial charge in [-0.05, 0) is 28.9 Å². The number of carbonyl (C=O) groups excluding carboxylic acids is 1. The van der Waals surface area contributed by atoms with Crippen LogP contribution in [-0.2, 0) is 9.53 Å². The lowest BCUT2D eigenvalue weighted by molar-refractivity contribution is -0.385. The molecule has 0 saturated heterocycles. The summed E-state index contributed by atoms with van der Waals surface area (Å²) in [5, 5.41) is 20.5. The molecule has 0 radical (unpaired) electrons. The molecule has 0 aliphatic carbocycles. The Morgan fingerprint density at radius 1 is 1.55 bits per heavy atom. The van der Waals surface area contributed by atoms with E-state index in [0.29, 0.717) is 4.47 Å². The number of methoxy groups -OCH3 is 1. The van der Waals surface area contributed by atoms with Crippen LogP contribution in [0.4, 0.5) is 5.69 Å². The highest BCUT2D eigenvalue weighted by Gasteiger charge is 2.19. The average molecular weight is 346 g/mol. The number of rotatable bonds is 5. The van der Waals surface area contributed by atoms with Crippen LogP contribution in [0.25, 0.3) is 6.08 Å². The van der Waals surface area contributed by atoms with Crippen molar-refractivity contribution < 1.29 is 24.3 Å². The Morgan fingerprint density at radius 2 is 2.20 bits per heavy atom. The highest BCUT2D eigenvalue weighted by Crippen LogP contribution is 2.33. The molecule has 1 rings (SSSR count). The predicted molar refractivity (Wildman–Crippen MR) is 74.6 cm³/mol. The van der Waals surface area contributed by atoms with Crippen LogP contribution in [0.1, 0.15) is 12.5 Å². The summed E-state index contributed by atoms with van der Waals surface area (Å²) >= 11 is 3.17. The van der Waals surface area contributed by atoms with Crippen molar-refractivity contribution in [2.24, 2.45) is 0 Å². The monoisotopic (exact) mass is 345 g/mol. The van der Waals surface area contributed by atoms with E-state index in [-0.39, 0.29) is 23.6 Å². The third-order valence-electron chi connectivity index (χ3n) is 2.27. The molecule has 1 aromatic rings. The Morgan fingerprint density at radius 3 is 2.70 bits per heavy atom. The highest BCUT2D eigenvalue weighted by molar-refractivity contribution is 9.10. The van der Waals surface area contributed by atoms with Crippen molar-refractivity contribution in [3.63, 3.8) is 0 Å². The molecule has 7 nitrogen and oxygen atoms in total. The van der Waals surface area contributed by atoms with Crippen LogP contribution >= 0.6 is 15.9 Å². The van der Waals surface area contributed by atoms with Crippen molar-refractivity contribution in [2.75, 3.05) is 13.7 Å². The van der Waals surface area contributed by atoms with Gasteiger partial charge in [0.25, 0.3) is 5.69 Å². The van der Waals surface area contributed by atoms with Gasteiger partial charge >= 0.3 is 5.97 Å². The SMILES string of the molecule is CCOC(=O)/C(O)=C/c1cc(Br)c(OC)cc1[N+](=O)[O-]. The zero-order chi connectivity index (χ0) is 15.3. The van der Waals surface area contributed by atoms with Gasteiger partial charge in [-0.3, -0.25) is 10.1 Å². The molecule has 0 saturated carbocycles. The normalized spacial score (nSPS) is 11.1. The number of esters is 1. The van der Waals surface area contributed by atoms with E-state index >= 15 is 0 Å². The first-order valence-corrected chi connectivity index (χ1v) is 6.29. The fraction of sp³-hybridized carbons (Fsp3) is 0.250. The second-order valence-electron chi connectivity index (χ2n) is 3.55. The molecule has 0 aliphatic rings. The molecule has 20 heavy (non-hydrogen) atoms. The number of aliphatic hydroxyl groups is 1. The molecule has 0 aromatic heterocycles. The van der Waals surface area contributed by atoms with E-state index in [9.17, 15) is 20.0 Å². The number of hydrogen-bond acceptors (Lipinski definition) is 6. The van der Waals surface area contributed by atoms with E-state index in [1.54, 1.807) is 6.92 Å². The number of nitrogens with zero attached hydrogens (tertiary/aromatic N) is 1. The Kier molecular flexibility index (Phi) is 5.51. The average Bonchev–Trinajstić information content (AvgIpc) is 2.38. The predicted octanol–water partition coefficient (Wildman–Crippen LogP) is 2.83. The van der Waals surface area contributed by atoms with E-state index in [1.165, 1.54) is 19.2 Å². The molecule has 0 unspecified atom stereocenters. The van der Waals surface area contributed by atoms with Gasteiger partial charge in [0.1, 0.15) is 5.75 Å². The van der Waals surface area contributed by atoms with Gasteiger partial charge in [-0.2, -0.15) is 0 Å². The maximum Gasteiger partial charge on any atom is 0.373 e. The number of carbonyl (C=O) groups is 1. The van der Waals surface area contributed by atoms with Crippen molar-refractivity contribution in [3.05, 3.63) is 38.0 Å². The summed E-state index contributed by atoms with van der Waals surface area (Å²) in [6, 6.07) is 2.56. The van der Waals surface area contributed by atoms with Gasteiger partial charge in [0.05, 0.1) is 34.7 Å². The first kappa shape index (κ1) is 16.0. The molecule has 0 aliphatic heterocycles. The molecule has 0 bridgehead atoms. The van der Waals surface area contributed by atoms with Crippen LogP contribution < -0.4 is 4.74 Å². The lowest BCUT2D eigenvalue weighted by Crippen LogP contribution is -2.07. The lowest BCUT2D eigenvalue weighted by atomic mass is 10.1. The Balaban J connectivity index is 3.30. The molecule has 0 fully saturated rings. The molecule has 1 aromatic carbocycles. The molecule has 1 N–H and O–H groups in total. The van der Waals surface area contributed by atoms with E-state index in [1.807, 2.05) is 0 Å². The quantitative estimate of drug-likeness (QED) is 0.289. The van der Waals surface area contributed by atoms with Gasteiger partial charge in [-0.25, -0.2) is 4.79 Å². The van der Waals surface area contributed by atoms with Crippen molar-refractivity contribution in [1.82, 2.24) is 0 Å². The number of benzene rings is 1. The van der Waals surface area contributed by atoms with Crippen molar-refractivity contribution in [2.45, 2.75) is 6.92 Å². The number of nitro benzene ring substituents is 1.